The largest absolute Gasteiger partial charge is 0.354 e. The van der Waals surface area contributed by atoms with Gasteiger partial charge in [0.25, 0.3) is 5.91 Å². The Morgan fingerprint density at radius 3 is 2.82 bits per heavy atom. The molecule has 2 aliphatic rings. The monoisotopic (exact) mass is 418 g/mol. The lowest BCUT2D eigenvalue weighted by atomic mass is 9.98. The van der Waals surface area contributed by atoms with Gasteiger partial charge in [-0.1, -0.05) is 12.8 Å². The fraction of sp³-hybridized carbons (Fsp3) is 0.474. The molecule has 0 aromatic carbocycles. The summed E-state index contributed by atoms with van der Waals surface area (Å²) in [6.45, 7) is 2.22. The number of thiazole rings is 1. The number of rotatable bonds is 6. The van der Waals surface area contributed by atoms with Crippen LogP contribution in [-0.4, -0.2) is 46.4 Å². The van der Waals surface area contributed by atoms with Crippen molar-refractivity contribution in [1.29, 1.82) is 0 Å². The van der Waals surface area contributed by atoms with Crippen LogP contribution in [0, 0.1) is 6.92 Å². The topological polar surface area (TPSA) is 91.4 Å². The van der Waals surface area contributed by atoms with E-state index in [0.717, 1.165) is 38.2 Å². The number of amides is 4. The second-order valence-corrected chi connectivity index (χ2v) is 9.46. The molecule has 0 unspecified atom stereocenters. The van der Waals surface area contributed by atoms with Crippen LogP contribution >= 0.6 is 22.7 Å². The summed E-state index contributed by atoms with van der Waals surface area (Å²) >= 11 is 3.29. The number of hydrogen-bond acceptors (Lipinski definition) is 6. The predicted octanol–water partition coefficient (Wildman–Crippen LogP) is 2.70. The van der Waals surface area contributed by atoms with E-state index >= 15 is 0 Å². The van der Waals surface area contributed by atoms with Crippen molar-refractivity contribution in [1.82, 2.24) is 20.5 Å². The van der Waals surface area contributed by atoms with Crippen LogP contribution in [0.15, 0.2) is 17.5 Å². The number of aryl methyl sites for hydroxylation is 1. The van der Waals surface area contributed by atoms with Crippen molar-refractivity contribution in [3.63, 3.8) is 0 Å². The minimum absolute atomic E-state index is 0.222. The molecule has 0 atom stereocenters. The first-order valence-electron chi connectivity index (χ1n) is 9.39. The number of imide groups is 1. The Hall–Kier alpha value is -2.26. The van der Waals surface area contributed by atoms with Gasteiger partial charge < -0.3 is 10.6 Å². The normalized spacial score (nSPS) is 18.1. The minimum Gasteiger partial charge on any atom is -0.354 e. The van der Waals surface area contributed by atoms with Crippen molar-refractivity contribution < 1.29 is 14.4 Å². The number of aromatic nitrogens is 1. The first kappa shape index (κ1) is 19.1. The molecule has 1 aliphatic heterocycles. The lowest BCUT2D eigenvalue weighted by Crippen LogP contribution is -2.45. The summed E-state index contributed by atoms with van der Waals surface area (Å²) in [5.41, 5.74) is 0.223. The van der Waals surface area contributed by atoms with Crippen molar-refractivity contribution in [3.05, 3.63) is 27.4 Å². The molecule has 3 heterocycles. The molecule has 0 radical (unpaired) electrons. The maximum Gasteiger partial charge on any atom is 0.325 e. The number of carbonyl (C=O) groups is 3. The van der Waals surface area contributed by atoms with Gasteiger partial charge in [-0.2, -0.15) is 0 Å². The summed E-state index contributed by atoms with van der Waals surface area (Å²) in [6, 6.07) is 3.63. The van der Waals surface area contributed by atoms with Crippen molar-refractivity contribution >= 4 is 40.5 Å². The standard InChI is InChI=1S/C19H22N4O3S2/c1-12-21-14(11-27-12)15-5-4-13(28-15)6-9-20-16(24)10-23-17(25)19(22-18(23)26)7-2-3-8-19/h4-5,11H,2-3,6-10H2,1H3,(H,20,24)(H,22,26). The molecule has 4 rings (SSSR count). The Labute approximate surface area is 171 Å². The highest BCUT2D eigenvalue weighted by molar-refractivity contribution is 7.16. The smallest absolute Gasteiger partial charge is 0.325 e. The number of carbonyl (C=O) groups excluding carboxylic acids is 3. The SMILES string of the molecule is Cc1nc(-c2ccc(CCNC(=O)CN3C(=O)NC4(CCCC4)C3=O)s2)cs1. The number of nitrogens with one attached hydrogen (secondary N) is 2. The van der Waals surface area contributed by atoms with E-state index in [1.807, 2.05) is 24.4 Å². The highest BCUT2D eigenvalue weighted by atomic mass is 32.1. The molecule has 1 saturated heterocycles. The molecule has 2 aromatic rings. The lowest BCUT2D eigenvalue weighted by Gasteiger charge is -2.19. The lowest BCUT2D eigenvalue weighted by molar-refractivity contribution is -0.134. The molecule has 1 saturated carbocycles. The van der Waals surface area contributed by atoms with Gasteiger partial charge in [-0.05, 0) is 38.3 Å². The van der Waals surface area contributed by atoms with Gasteiger partial charge in [-0.25, -0.2) is 9.78 Å². The van der Waals surface area contributed by atoms with Crippen LogP contribution < -0.4 is 10.6 Å². The summed E-state index contributed by atoms with van der Waals surface area (Å²) in [7, 11) is 0. The average molecular weight is 419 g/mol. The zero-order chi connectivity index (χ0) is 19.7. The fourth-order valence-corrected chi connectivity index (χ4v) is 5.44. The molecule has 2 N–H and O–H groups in total. The Kier molecular flexibility index (Phi) is 5.20. The number of nitrogens with zero attached hydrogens (tertiary/aromatic N) is 2. The molecule has 0 bridgehead atoms. The molecule has 2 aromatic heterocycles. The summed E-state index contributed by atoms with van der Waals surface area (Å²) in [6.07, 6.45) is 3.87. The summed E-state index contributed by atoms with van der Waals surface area (Å²) in [5, 5.41) is 8.68. The van der Waals surface area contributed by atoms with E-state index in [1.165, 1.54) is 0 Å². The maximum atomic E-state index is 12.6. The maximum absolute atomic E-state index is 12.6. The Morgan fingerprint density at radius 2 is 2.11 bits per heavy atom. The van der Waals surface area contributed by atoms with Crippen molar-refractivity contribution in [3.8, 4) is 10.6 Å². The number of thiophene rings is 1. The second-order valence-electron chi connectivity index (χ2n) is 7.23. The van der Waals surface area contributed by atoms with Crippen LogP contribution in [-0.2, 0) is 16.0 Å². The Bertz CT molecular complexity index is 914. The summed E-state index contributed by atoms with van der Waals surface area (Å²) in [5.74, 6) is -0.572. The van der Waals surface area contributed by atoms with Gasteiger partial charge in [0.2, 0.25) is 5.91 Å². The molecule has 9 heteroatoms. The molecule has 2 fully saturated rings. The third-order valence-electron chi connectivity index (χ3n) is 5.23. The van der Waals surface area contributed by atoms with Gasteiger partial charge in [0.15, 0.2) is 0 Å². The molecule has 28 heavy (non-hydrogen) atoms. The highest BCUT2D eigenvalue weighted by Crippen LogP contribution is 2.35. The van der Waals surface area contributed by atoms with E-state index < -0.39 is 11.6 Å². The van der Waals surface area contributed by atoms with Gasteiger partial charge in [-0.15, -0.1) is 22.7 Å². The van der Waals surface area contributed by atoms with Gasteiger partial charge in [0.1, 0.15) is 12.1 Å². The quantitative estimate of drug-likeness (QED) is 0.706. The number of hydrogen-bond donors (Lipinski definition) is 2. The van der Waals surface area contributed by atoms with E-state index in [2.05, 4.69) is 15.6 Å². The summed E-state index contributed by atoms with van der Waals surface area (Å²) in [4.78, 5) is 44.7. The molecule has 4 amide bonds. The van der Waals surface area contributed by atoms with Gasteiger partial charge in [0.05, 0.1) is 15.6 Å². The van der Waals surface area contributed by atoms with Gasteiger partial charge >= 0.3 is 6.03 Å². The predicted molar refractivity (Wildman–Crippen MR) is 108 cm³/mol. The van der Waals surface area contributed by atoms with E-state index in [9.17, 15) is 14.4 Å². The van der Waals surface area contributed by atoms with E-state index in [-0.39, 0.29) is 18.4 Å². The molecular formula is C19H22N4O3S2. The summed E-state index contributed by atoms with van der Waals surface area (Å²) < 4.78 is 0. The van der Waals surface area contributed by atoms with E-state index in [0.29, 0.717) is 25.8 Å². The molecule has 1 spiro atoms. The third-order valence-corrected chi connectivity index (χ3v) is 7.17. The van der Waals surface area contributed by atoms with Crippen LogP contribution in [0.1, 0.15) is 35.6 Å². The van der Waals surface area contributed by atoms with E-state index in [1.54, 1.807) is 22.7 Å². The second kappa shape index (κ2) is 7.63. The van der Waals surface area contributed by atoms with Crippen LogP contribution in [0.2, 0.25) is 0 Å². The zero-order valence-electron chi connectivity index (χ0n) is 15.6. The van der Waals surface area contributed by atoms with Crippen LogP contribution in [0.5, 0.6) is 0 Å². The van der Waals surface area contributed by atoms with Crippen LogP contribution in [0.4, 0.5) is 4.79 Å². The molecule has 7 nitrogen and oxygen atoms in total. The highest BCUT2D eigenvalue weighted by Gasteiger charge is 2.52. The third kappa shape index (κ3) is 3.68. The fourth-order valence-electron chi connectivity index (χ4n) is 3.79. The Balaban J connectivity index is 1.27. The van der Waals surface area contributed by atoms with E-state index in [4.69, 9.17) is 0 Å². The first-order chi connectivity index (χ1) is 13.5. The molecular weight excluding hydrogens is 396 g/mol. The molecule has 148 valence electrons. The van der Waals surface area contributed by atoms with Crippen LogP contribution in [0.25, 0.3) is 10.6 Å². The van der Waals surface area contributed by atoms with Gasteiger partial charge in [-0.3, -0.25) is 14.5 Å². The van der Waals surface area contributed by atoms with Crippen molar-refractivity contribution in [2.24, 2.45) is 0 Å². The first-order valence-corrected chi connectivity index (χ1v) is 11.1. The van der Waals surface area contributed by atoms with Crippen molar-refractivity contribution in [2.45, 2.75) is 44.6 Å². The van der Waals surface area contributed by atoms with Gasteiger partial charge in [0, 0.05) is 16.8 Å². The minimum atomic E-state index is -0.765. The average Bonchev–Trinajstić information content (AvgIpc) is 3.42. The van der Waals surface area contributed by atoms with Crippen molar-refractivity contribution in [2.75, 3.05) is 13.1 Å². The van der Waals surface area contributed by atoms with Crippen LogP contribution in [0.3, 0.4) is 0 Å². The number of urea groups is 1. The Morgan fingerprint density at radius 1 is 1.32 bits per heavy atom. The zero-order valence-corrected chi connectivity index (χ0v) is 17.3. The molecule has 1 aliphatic carbocycles.